The van der Waals surface area contributed by atoms with Gasteiger partial charge < -0.3 is 15.6 Å². The minimum absolute atomic E-state index is 0. The number of nitrogens with zero attached hydrogens (tertiary/aromatic N) is 5. The van der Waals surface area contributed by atoms with Crippen molar-refractivity contribution in [3.05, 3.63) is 46.9 Å². The van der Waals surface area contributed by atoms with Gasteiger partial charge in [-0.15, -0.1) is 22.6 Å². The number of halogens is 5. The average Bonchev–Trinajstić information content (AvgIpc) is 3.07. The van der Waals surface area contributed by atoms with Crippen LogP contribution in [0, 0.1) is 17.5 Å². The maximum Gasteiger partial charge on any atom is 0.304 e. The highest BCUT2D eigenvalue weighted by atomic mass is 35.5. The molecule has 160 valence electrons. The molecule has 30 heavy (non-hydrogen) atoms. The van der Waals surface area contributed by atoms with Gasteiger partial charge in [0.2, 0.25) is 5.82 Å². The standard InChI is InChI=1S/C16H12ClF3N6O3.ClH/c17-7-1-12(20)16(22-5-7)29-13-4-10(18)9(3-11(13)19)15-23-25-26(24-15)6-8(21)2-14(27)28;/h1,3-5,8H,2,6,21H2,(H,27,28);1H/t8-;/m0./s1. The summed E-state index contributed by atoms with van der Waals surface area (Å²) in [6.45, 7) is -0.0912. The largest absolute Gasteiger partial charge is 0.481 e. The van der Waals surface area contributed by atoms with Crippen LogP contribution in [0.3, 0.4) is 0 Å². The van der Waals surface area contributed by atoms with E-state index in [0.717, 1.165) is 23.1 Å². The van der Waals surface area contributed by atoms with Gasteiger partial charge in [0.15, 0.2) is 17.4 Å². The third kappa shape index (κ3) is 5.55. The summed E-state index contributed by atoms with van der Waals surface area (Å²) in [5.41, 5.74) is 5.28. The summed E-state index contributed by atoms with van der Waals surface area (Å²) < 4.78 is 47.5. The van der Waals surface area contributed by atoms with E-state index in [4.69, 9.17) is 27.2 Å². The van der Waals surface area contributed by atoms with Crippen LogP contribution in [0.15, 0.2) is 24.4 Å². The summed E-state index contributed by atoms with van der Waals surface area (Å²) in [5.74, 6) is -5.52. The maximum atomic E-state index is 14.4. The van der Waals surface area contributed by atoms with Crippen LogP contribution in [0.2, 0.25) is 5.02 Å². The Bertz CT molecular complexity index is 1070. The third-order valence-electron chi connectivity index (χ3n) is 3.53. The van der Waals surface area contributed by atoms with Crippen molar-refractivity contribution in [2.75, 3.05) is 0 Å². The Morgan fingerprint density at radius 2 is 1.97 bits per heavy atom. The van der Waals surface area contributed by atoms with Crippen molar-refractivity contribution in [2.24, 2.45) is 5.73 Å². The van der Waals surface area contributed by atoms with Crippen molar-refractivity contribution in [1.29, 1.82) is 0 Å². The first-order valence-electron chi connectivity index (χ1n) is 7.96. The molecule has 3 aromatic rings. The van der Waals surface area contributed by atoms with Crippen LogP contribution >= 0.6 is 24.0 Å². The van der Waals surface area contributed by atoms with E-state index in [0.29, 0.717) is 6.07 Å². The second kappa shape index (κ2) is 9.69. The molecule has 2 aromatic heterocycles. The molecule has 0 radical (unpaired) electrons. The first kappa shape index (κ1) is 23.3. The van der Waals surface area contributed by atoms with Gasteiger partial charge in [-0.3, -0.25) is 4.79 Å². The topological polar surface area (TPSA) is 129 Å². The molecule has 0 amide bonds. The molecule has 0 saturated carbocycles. The molecule has 0 fully saturated rings. The Kier molecular flexibility index (Phi) is 7.54. The number of pyridine rings is 1. The van der Waals surface area contributed by atoms with Gasteiger partial charge in [-0.25, -0.2) is 18.2 Å². The fourth-order valence-electron chi connectivity index (χ4n) is 2.29. The van der Waals surface area contributed by atoms with Gasteiger partial charge in [0, 0.05) is 18.3 Å². The second-order valence-corrected chi connectivity index (χ2v) is 6.27. The average molecular weight is 465 g/mol. The van der Waals surface area contributed by atoms with E-state index >= 15 is 0 Å². The summed E-state index contributed by atoms with van der Waals surface area (Å²) in [4.78, 5) is 15.2. The zero-order chi connectivity index (χ0) is 21.1. The number of aliphatic carboxylic acids is 1. The number of rotatable bonds is 7. The van der Waals surface area contributed by atoms with E-state index in [1.54, 1.807) is 0 Å². The van der Waals surface area contributed by atoms with Gasteiger partial charge in [0.25, 0.3) is 5.88 Å². The molecule has 1 aromatic carbocycles. The minimum Gasteiger partial charge on any atom is -0.481 e. The molecular weight excluding hydrogens is 452 g/mol. The van der Waals surface area contributed by atoms with Crippen molar-refractivity contribution in [1.82, 2.24) is 25.2 Å². The third-order valence-corrected chi connectivity index (χ3v) is 3.74. The SMILES string of the molecule is Cl.N[C@@H](CC(=O)O)Cn1nnc(-c2cc(F)c(Oc3ncc(Cl)cc3F)cc2F)n1. The van der Waals surface area contributed by atoms with Crippen molar-refractivity contribution in [2.45, 2.75) is 19.0 Å². The Morgan fingerprint density at radius 1 is 1.23 bits per heavy atom. The van der Waals surface area contributed by atoms with Crippen LogP contribution in [0.4, 0.5) is 13.2 Å². The van der Waals surface area contributed by atoms with Crippen LogP contribution in [0.5, 0.6) is 11.6 Å². The van der Waals surface area contributed by atoms with Gasteiger partial charge in [-0.05, 0) is 17.3 Å². The number of benzene rings is 1. The van der Waals surface area contributed by atoms with Crippen LogP contribution in [0.1, 0.15) is 6.42 Å². The molecular formula is C16H13Cl2F3N6O3. The van der Waals surface area contributed by atoms with Gasteiger partial charge in [-0.2, -0.15) is 4.80 Å². The van der Waals surface area contributed by atoms with E-state index in [1.807, 2.05) is 0 Å². The molecule has 0 aliphatic rings. The normalized spacial score (nSPS) is 11.6. The fraction of sp³-hybridized carbons (Fsp3) is 0.188. The number of aromatic nitrogens is 5. The summed E-state index contributed by atoms with van der Waals surface area (Å²) in [6.07, 6.45) is 0.751. The van der Waals surface area contributed by atoms with Gasteiger partial charge in [0.05, 0.1) is 23.6 Å². The van der Waals surface area contributed by atoms with Gasteiger partial charge in [0.1, 0.15) is 5.82 Å². The molecule has 3 rings (SSSR count). The Balaban J connectivity index is 0.00000320. The van der Waals surface area contributed by atoms with E-state index in [9.17, 15) is 18.0 Å². The summed E-state index contributed by atoms with van der Waals surface area (Å²) in [5, 5.41) is 19.8. The zero-order valence-corrected chi connectivity index (χ0v) is 16.4. The maximum absolute atomic E-state index is 14.4. The lowest BCUT2D eigenvalue weighted by molar-refractivity contribution is -0.137. The number of carboxylic acids is 1. The van der Waals surface area contributed by atoms with Crippen molar-refractivity contribution in [3.8, 4) is 23.0 Å². The minimum atomic E-state index is -1.10. The molecule has 0 aliphatic heterocycles. The van der Waals surface area contributed by atoms with Crippen molar-refractivity contribution >= 4 is 30.0 Å². The quantitative estimate of drug-likeness (QED) is 0.545. The lowest BCUT2D eigenvalue weighted by atomic mass is 10.2. The number of tetrazole rings is 1. The molecule has 14 heteroatoms. The number of ether oxygens (including phenoxy) is 1. The Labute approximate surface area is 178 Å². The molecule has 9 nitrogen and oxygen atoms in total. The lowest BCUT2D eigenvalue weighted by Gasteiger charge is -2.08. The van der Waals surface area contributed by atoms with Gasteiger partial charge in [-0.1, -0.05) is 11.6 Å². The number of hydrogen-bond acceptors (Lipinski definition) is 7. The Hall–Kier alpha value is -2.96. The monoisotopic (exact) mass is 464 g/mol. The molecule has 2 heterocycles. The van der Waals surface area contributed by atoms with Crippen LogP contribution < -0.4 is 10.5 Å². The molecule has 0 aliphatic carbocycles. The molecule has 0 saturated heterocycles. The van der Waals surface area contributed by atoms with E-state index in [-0.39, 0.29) is 41.8 Å². The second-order valence-electron chi connectivity index (χ2n) is 5.83. The first-order chi connectivity index (χ1) is 13.7. The lowest BCUT2D eigenvalue weighted by Crippen LogP contribution is -2.30. The number of hydrogen-bond donors (Lipinski definition) is 2. The number of nitrogens with two attached hydrogens (primary N) is 1. The molecule has 0 bridgehead atoms. The predicted molar refractivity (Wildman–Crippen MR) is 99.9 cm³/mol. The van der Waals surface area contributed by atoms with Crippen LogP contribution in [-0.4, -0.2) is 42.3 Å². The highest BCUT2D eigenvalue weighted by molar-refractivity contribution is 6.30. The summed E-state index contributed by atoms with van der Waals surface area (Å²) in [7, 11) is 0. The molecule has 0 spiro atoms. The van der Waals surface area contributed by atoms with Crippen molar-refractivity contribution < 1.29 is 27.8 Å². The predicted octanol–water partition coefficient (Wildman–Crippen LogP) is 2.82. The molecule has 3 N–H and O–H groups in total. The molecule has 1 atom stereocenters. The van der Waals surface area contributed by atoms with Gasteiger partial charge >= 0.3 is 5.97 Å². The summed E-state index contributed by atoms with van der Waals surface area (Å²) >= 11 is 5.57. The smallest absolute Gasteiger partial charge is 0.304 e. The number of carboxylic acid groups (broad SMARTS) is 1. The van der Waals surface area contributed by atoms with Crippen molar-refractivity contribution in [3.63, 3.8) is 0 Å². The fourth-order valence-corrected chi connectivity index (χ4v) is 2.43. The highest BCUT2D eigenvalue weighted by Gasteiger charge is 2.19. The summed E-state index contributed by atoms with van der Waals surface area (Å²) in [6, 6.07) is 1.53. The van der Waals surface area contributed by atoms with E-state index < -0.39 is 41.1 Å². The molecule has 0 unspecified atom stereocenters. The van der Waals surface area contributed by atoms with Crippen LogP contribution in [-0.2, 0) is 11.3 Å². The highest BCUT2D eigenvalue weighted by Crippen LogP contribution is 2.31. The van der Waals surface area contributed by atoms with E-state index in [2.05, 4.69) is 20.4 Å². The zero-order valence-electron chi connectivity index (χ0n) is 14.8. The van der Waals surface area contributed by atoms with E-state index in [1.165, 1.54) is 0 Å². The number of carbonyl (C=O) groups is 1. The first-order valence-corrected chi connectivity index (χ1v) is 8.34. The van der Waals surface area contributed by atoms with Crippen LogP contribution in [0.25, 0.3) is 11.4 Å². The Morgan fingerprint density at radius 3 is 2.63 bits per heavy atom.